The molecule has 0 bridgehead atoms. The first kappa shape index (κ1) is 21.8. The molecule has 1 saturated carbocycles. The Morgan fingerprint density at radius 1 is 0.906 bits per heavy atom. The molecule has 1 saturated heterocycles. The molecule has 3 aliphatic rings. The summed E-state index contributed by atoms with van der Waals surface area (Å²) in [4.78, 5) is 2.43. The molecule has 2 unspecified atom stereocenters. The molecule has 0 spiro atoms. The van der Waals surface area contributed by atoms with Crippen molar-refractivity contribution < 1.29 is 9.47 Å². The van der Waals surface area contributed by atoms with E-state index < -0.39 is 0 Å². The fourth-order valence-electron chi connectivity index (χ4n) is 6.21. The van der Waals surface area contributed by atoms with Gasteiger partial charge in [-0.3, -0.25) is 0 Å². The maximum Gasteiger partial charge on any atom is 0.120 e. The van der Waals surface area contributed by atoms with Crippen molar-refractivity contribution >= 4 is 0 Å². The predicted octanol–water partition coefficient (Wildman–Crippen LogP) is 5.21. The second kappa shape index (κ2) is 9.84. The number of fused-ring (bicyclic) bond motifs is 1. The number of nitrogens with zero attached hydrogens (tertiary/aromatic N) is 1. The lowest BCUT2D eigenvalue weighted by molar-refractivity contribution is 0.0605. The van der Waals surface area contributed by atoms with Gasteiger partial charge in [0.25, 0.3) is 0 Å². The quantitative estimate of drug-likeness (QED) is 0.677. The van der Waals surface area contributed by atoms with Gasteiger partial charge in [0.1, 0.15) is 17.6 Å². The maximum atomic E-state index is 6.85. The van der Waals surface area contributed by atoms with Crippen molar-refractivity contribution in [3.8, 4) is 11.5 Å². The number of ether oxygens (including phenoxy) is 2. The molecular formula is C28H38N2O2. The SMILES string of the molecule is COc1ccc(C2CN(C)Cc3cc(OC(C4CCCC4)C4CCNCC4)ccc32)cc1. The molecule has 1 N–H and O–H groups in total. The largest absolute Gasteiger partial charge is 0.497 e. The Labute approximate surface area is 193 Å². The van der Waals surface area contributed by atoms with Crippen LogP contribution < -0.4 is 14.8 Å². The van der Waals surface area contributed by atoms with Gasteiger partial charge in [0.15, 0.2) is 0 Å². The highest BCUT2D eigenvalue weighted by atomic mass is 16.5. The van der Waals surface area contributed by atoms with Gasteiger partial charge in [0.05, 0.1) is 7.11 Å². The first-order valence-electron chi connectivity index (χ1n) is 12.5. The van der Waals surface area contributed by atoms with Crippen molar-refractivity contribution in [2.24, 2.45) is 11.8 Å². The Morgan fingerprint density at radius 2 is 1.59 bits per heavy atom. The molecule has 1 aliphatic carbocycles. The van der Waals surface area contributed by atoms with Crippen LogP contribution >= 0.6 is 0 Å². The number of rotatable bonds is 6. The monoisotopic (exact) mass is 434 g/mol. The van der Waals surface area contributed by atoms with Crippen molar-refractivity contribution in [2.45, 2.75) is 57.1 Å². The predicted molar refractivity (Wildman–Crippen MR) is 130 cm³/mol. The van der Waals surface area contributed by atoms with Crippen LogP contribution in [0.1, 0.15) is 61.1 Å². The number of benzene rings is 2. The van der Waals surface area contributed by atoms with Crippen LogP contribution in [0.3, 0.4) is 0 Å². The summed E-state index contributed by atoms with van der Waals surface area (Å²) in [7, 11) is 3.95. The number of hydrogen-bond donors (Lipinski definition) is 1. The highest BCUT2D eigenvalue weighted by molar-refractivity contribution is 5.45. The summed E-state index contributed by atoms with van der Waals surface area (Å²) in [5, 5.41) is 3.53. The van der Waals surface area contributed by atoms with Crippen LogP contribution in [0.4, 0.5) is 0 Å². The summed E-state index contributed by atoms with van der Waals surface area (Å²) in [5.74, 6) is 3.79. The van der Waals surface area contributed by atoms with Gasteiger partial charge >= 0.3 is 0 Å². The molecular weight excluding hydrogens is 396 g/mol. The van der Waals surface area contributed by atoms with Gasteiger partial charge in [-0.1, -0.05) is 31.0 Å². The lowest BCUT2D eigenvalue weighted by Gasteiger charge is -2.36. The normalized spacial score (nSPS) is 23.6. The molecule has 2 aromatic rings. The second-order valence-corrected chi connectivity index (χ2v) is 10.1. The van der Waals surface area contributed by atoms with E-state index in [1.807, 2.05) is 0 Å². The smallest absolute Gasteiger partial charge is 0.120 e. The van der Waals surface area contributed by atoms with E-state index in [0.717, 1.165) is 43.6 Å². The zero-order valence-corrected chi connectivity index (χ0v) is 19.7. The van der Waals surface area contributed by atoms with Gasteiger partial charge in [-0.2, -0.15) is 0 Å². The van der Waals surface area contributed by atoms with Crippen molar-refractivity contribution in [1.29, 1.82) is 0 Å². The molecule has 2 atom stereocenters. The standard InChI is InChI=1S/C28H38N2O2/c1-30-18-23-17-25(32-28(21-5-3-4-6-21)22-13-15-29-16-14-22)11-12-26(23)27(19-30)20-7-9-24(31-2)10-8-20/h7-12,17,21-22,27-29H,3-6,13-16,18-19H2,1-2H3. The first-order chi connectivity index (χ1) is 15.7. The molecule has 0 radical (unpaired) electrons. The number of likely N-dealkylation sites (N-methyl/N-ethyl adjacent to an activating group) is 1. The molecule has 172 valence electrons. The van der Waals surface area contributed by atoms with Crippen LogP contribution in [0.25, 0.3) is 0 Å². The average Bonchev–Trinajstić information content (AvgIpc) is 3.37. The van der Waals surface area contributed by atoms with Gasteiger partial charge in [-0.25, -0.2) is 0 Å². The highest BCUT2D eigenvalue weighted by Crippen LogP contribution is 2.39. The Bertz CT molecular complexity index is 885. The first-order valence-corrected chi connectivity index (χ1v) is 12.5. The number of nitrogens with one attached hydrogen (secondary N) is 1. The van der Waals surface area contributed by atoms with Gasteiger partial charge < -0.3 is 19.7 Å². The Morgan fingerprint density at radius 3 is 2.31 bits per heavy atom. The van der Waals surface area contributed by atoms with E-state index in [1.54, 1.807) is 7.11 Å². The van der Waals surface area contributed by atoms with E-state index in [4.69, 9.17) is 9.47 Å². The van der Waals surface area contributed by atoms with Gasteiger partial charge in [0.2, 0.25) is 0 Å². The zero-order valence-electron chi connectivity index (χ0n) is 19.7. The summed E-state index contributed by atoms with van der Waals surface area (Å²) in [6, 6.07) is 15.5. The van der Waals surface area contributed by atoms with E-state index in [0.29, 0.717) is 17.9 Å². The third-order valence-corrected chi connectivity index (χ3v) is 7.93. The summed E-state index contributed by atoms with van der Waals surface area (Å²) in [6.07, 6.45) is 8.27. The second-order valence-electron chi connectivity index (χ2n) is 10.1. The maximum absolute atomic E-state index is 6.85. The third-order valence-electron chi connectivity index (χ3n) is 7.93. The summed E-state index contributed by atoms with van der Waals surface area (Å²) in [6.45, 7) is 4.30. The van der Waals surface area contributed by atoms with E-state index in [-0.39, 0.29) is 0 Å². The van der Waals surface area contributed by atoms with Crippen LogP contribution in [0.5, 0.6) is 11.5 Å². The van der Waals surface area contributed by atoms with E-state index in [1.165, 1.54) is 55.2 Å². The van der Waals surface area contributed by atoms with Crippen molar-refractivity contribution in [2.75, 3.05) is 33.8 Å². The number of methoxy groups -OCH3 is 1. The summed E-state index contributed by atoms with van der Waals surface area (Å²) in [5.41, 5.74) is 4.21. The van der Waals surface area contributed by atoms with Crippen molar-refractivity contribution in [3.05, 3.63) is 59.2 Å². The lowest BCUT2D eigenvalue weighted by atomic mass is 9.83. The zero-order chi connectivity index (χ0) is 21.9. The van der Waals surface area contributed by atoms with Crippen molar-refractivity contribution in [3.63, 3.8) is 0 Å². The minimum atomic E-state index is 0.372. The molecule has 4 heteroatoms. The van der Waals surface area contributed by atoms with E-state index in [9.17, 15) is 0 Å². The summed E-state index contributed by atoms with van der Waals surface area (Å²) < 4.78 is 12.2. The van der Waals surface area contributed by atoms with Crippen LogP contribution in [0.2, 0.25) is 0 Å². The Kier molecular flexibility index (Phi) is 6.70. The molecule has 2 heterocycles. The number of piperidine rings is 1. The van der Waals surface area contributed by atoms with Crippen LogP contribution in [0.15, 0.2) is 42.5 Å². The molecule has 0 aromatic heterocycles. The van der Waals surface area contributed by atoms with Crippen LogP contribution in [-0.4, -0.2) is 44.8 Å². The molecule has 2 aromatic carbocycles. The van der Waals surface area contributed by atoms with Gasteiger partial charge in [0, 0.05) is 19.0 Å². The fourth-order valence-corrected chi connectivity index (χ4v) is 6.21. The van der Waals surface area contributed by atoms with E-state index >= 15 is 0 Å². The minimum absolute atomic E-state index is 0.372. The molecule has 2 fully saturated rings. The Hall–Kier alpha value is -2.04. The number of hydrogen-bond acceptors (Lipinski definition) is 4. The van der Waals surface area contributed by atoms with Crippen LogP contribution in [0, 0.1) is 11.8 Å². The van der Waals surface area contributed by atoms with E-state index in [2.05, 4.69) is 59.7 Å². The minimum Gasteiger partial charge on any atom is -0.497 e. The average molecular weight is 435 g/mol. The topological polar surface area (TPSA) is 33.7 Å². The summed E-state index contributed by atoms with van der Waals surface area (Å²) >= 11 is 0. The molecule has 5 rings (SSSR count). The lowest BCUT2D eigenvalue weighted by Crippen LogP contribution is -2.40. The molecule has 2 aliphatic heterocycles. The fraction of sp³-hybridized carbons (Fsp3) is 0.571. The third kappa shape index (κ3) is 4.67. The van der Waals surface area contributed by atoms with Crippen molar-refractivity contribution in [1.82, 2.24) is 10.2 Å². The van der Waals surface area contributed by atoms with Gasteiger partial charge in [-0.05, 0) is 98.6 Å². The Balaban J connectivity index is 1.39. The molecule has 4 nitrogen and oxygen atoms in total. The van der Waals surface area contributed by atoms with Gasteiger partial charge in [-0.15, -0.1) is 0 Å². The molecule has 32 heavy (non-hydrogen) atoms. The molecule has 0 amide bonds. The highest BCUT2D eigenvalue weighted by Gasteiger charge is 2.34. The van der Waals surface area contributed by atoms with Crippen LogP contribution in [-0.2, 0) is 6.54 Å².